The van der Waals surface area contributed by atoms with Gasteiger partial charge >= 0.3 is 0 Å². The number of hydrogen-bond acceptors (Lipinski definition) is 2. The van der Waals surface area contributed by atoms with Crippen molar-refractivity contribution in [3.8, 4) is 0 Å². The predicted octanol–water partition coefficient (Wildman–Crippen LogP) is 2.64. The first-order valence-corrected chi connectivity index (χ1v) is 7.28. The molecule has 1 fully saturated rings. The Morgan fingerprint density at radius 2 is 1.83 bits per heavy atom. The molecule has 1 rings (SSSR count). The molecule has 1 amide bonds. The molecule has 3 nitrogen and oxygen atoms in total. The first-order valence-electron chi connectivity index (χ1n) is 7.28. The zero-order valence-corrected chi connectivity index (χ0v) is 12.7. The van der Waals surface area contributed by atoms with Gasteiger partial charge in [0.25, 0.3) is 0 Å². The summed E-state index contributed by atoms with van der Waals surface area (Å²) in [6.07, 6.45) is 3.49. The molecule has 0 aromatic rings. The van der Waals surface area contributed by atoms with Crippen LogP contribution in [0, 0.1) is 17.3 Å². The molecule has 0 spiro atoms. The molecule has 1 aliphatic rings. The van der Waals surface area contributed by atoms with Gasteiger partial charge in [-0.3, -0.25) is 4.79 Å². The van der Waals surface area contributed by atoms with Crippen LogP contribution in [0.1, 0.15) is 53.9 Å². The summed E-state index contributed by atoms with van der Waals surface area (Å²) in [5, 5.41) is 0. The van der Waals surface area contributed by atoms with E-state index in [1.165, 1.54) is 6.42 Å². The highest BCUT2D eigenvalue weighted by atomic mass is 16.2. The smallest absolute Gasteiger partial charge is 0.226 e. The first-order chi connectivity index (χ1) is 8.23. The summed E-state index contributed by atoms with van der Waals surface area (Å²) in [4.78, 5) is 14.3. The molecule has 1 saturated heterocycles. The molecule has 2 N–H and O–H groups in total. The molecule has 3 unspecified atom stereocenters. The Kier molecular flexibility index (Phi) is 5.20. The molecule has 0 aromatic carbocycles. The van der Waals surface area contributed by atoms with E-state index in [4.69, 9.17) is 5.73 Å². The van der Waals surface area contributed by atoms with Crippen LogP contribution in [-0.2, 0) is 4.79 Å². The molecule has 0 bridgehead atoms. The number of carbonyl (C=O) groups excluding carboxylic acids is 1. The Hall–Kier alpha value is -0.570. The maximum Gasteiger partial charge on any atom is 0.226 e. The maximum absolute atomic E-state index is 12.3. The molecular formula is C15H30N2O. The summed E-state index contributed by atoms with van der Waals surface area (Å²) in [7, 11) is 0. The fourth-order valence-electron chi connectivity index (χ4n) is 2.70. The lowest BCUT2D eigenvalue weighted by molar-refractivity contribution is -0.135. The average molecular weight is 254 g/mol. The van der Waals surface area contributed by atoms with Crippen LogP contribution in [-0.4, -0.2) is 29.9 Å². The topological polar surface area (TPSA) is 46.3 Å². The van der Waals surface area contributed by atoms with Gasteiger partial charge in [0.15, 0.2) is 0 Å². The second-order valence-electron chi connectivity index (χ2n) is 6.97. The van der Waals surface area contributed by atoms with E-state index >= 15 is 0 Å². The lowest BCUT2D eigenvalue weighted by Gasteiger charge is -2.30. The van der Waals surface area contributed by atoms with Crippen LogP contribution >= 0.6 is 0 Å². The summed E-state index contributed by atoms with van der Waals surface area (Å²) in [5.41, 5.74) is 6.18. The highest BCUT2D eigenvalue weighted by Gasteiger charge is 2.30. The van der Waals surface area contributed by atoms with Gasteiger partial charge in [0.2, 0.25) is 5.91 Å². The van der Waals surface area contributed by atoms with Gasteiger partial charge < -0.3 is 10.6 Å². The third-order valence-electron chi connectivity index (χ3n) is 4.44. The van der Waals surface area contributed by atoms with Crippen LogP contribution in [0.3, 0.4) is 0 Å². The van der Waals surface area contributed by atoms with E-state index in [0.29, 0.717) is 5.41 Å². The van der Waals surface area contributed by atoms with Crippen LogP contribution in [0.15, 0.2) is 0 Å². The van der Waals surface area contributed by atoms with Crippen molar-refractivity contribution in [2.75, 3.05) is 13.1 Å². The van der Waals surface area contributed by atoms with E-state index in [-0.39, 0.29) is 17.9 Å². The van der Waals surface area contributed by atoms with Crippen molar-refractivity contribution in [2.24, 2.45) is 23.0 Å². The Morgan fingerprint density at radius 3 is 2.33 bits per heavy atom. The van der Waals surface area contributed by atoms with Crippen LogP contribution in [0.2, 0.25) is 0 Å². The number of amides is 1. The Morgan fingerprint density at radius 1 is 1.22 bits per heavy atom. The van der Waals surface area contributed by atoms with Gasteiger partial charge in [-0.1, -0.05) is 27.7 Å². The average Bonchev–Trinajstić information content (AvgIpc) is 2.51. The van der Waals surface area contributed by atoms with Gasteiger partial charge in [0, 0.05) is 19.1 Å². The molecule has 0 radical (unpaired) electrons. The normalized spacial score (nSPS) is 25.4. The highest BCUT2D eigenvalue weighted by Crippen LogP contribution is 2.34. The number of carbonyl (C=O) groups is 1. The lowest BCUT2D eigenvalue weighted by atomic mass is 9.77. The standard InChI is InChI=1S/C15H30N2O/c1-11(12(2)16)14(18)17-9-6-7-13(8-10-17)15(3,4)5/h11-13H,6-10,16H2,1-5H3. The van der Waals surface area contributed by atoms with Crippen molar-refractivity contribution < 1.29 is 4.79 Å². The van der Waals surface area contributed by atoms with Crippen molar-refractivity contribution in [2.45, 2.75) is 59.9 Å². The Balaban J connectivity index is 2.59. The highest BCUT2D eigenvalue weighted by molar-refractivity contribution is 5.79. The Bertz CT molecular complexity index is 281. The summed E-state index contributed by atoms with van der Waals surface area (Å²) in [6.45, 7) is 12.6. The summed E-state index contributed by atoms with van der Waals surface area (Å²) in [5.74, 6) is 0.900. The largest absolute Gasteiger partial charge is 0.342 e. The van der Waals surface area contributed by atoms with E-state index in [1.54, 1.807) is 0 Å². The second-order valence-corrected chi connectivity index (χ2v) is 6.97. The van der Waals surface area contributed by atoms with Crippen molar-refractivity contribution in [3.63, 3.8) is 0 Å². The third kappa shape index (κ3) is 3.98. The molecule has 3 atom stereocenters. The van der Waals surface area contributed by atoms with Gasteiger partial charge in [0.05, 0.1) is 5.92 Å². The minimum absolute atomic E-state index is 0.0563. The third-order valence-corrected chi connectivity index (χ3v) is 4.44. The van der Waals surface area contributed by atoms with E-state index in [2.05, 4.69) is 20.8 Å². The molecular weight excluding hydrogens is 224 g/mol. The maximum atomic E-state index is 12.3. The van der Waals surface area contributed by atoms with Gasteiger partial charge in [-0.2, -0.15) is 0 Å². The minimum Gasteiger partial charge on any atom is -0.342 e. The van der Waals surface area contributed by atoms with Gasteiger partial charge in [-0.05, 0) is 37.5 Å². The van der Waals surface area contributed by atoms with Crippen molar-refractivity contribution in [1.82, 2.24) is 4.90 Å². The lowest BCUT2D eigenvalue weighted by Crippen LogP contribution is -2.42. The number of nitrogens with two attached hydrogens (primary N) is 1. The molecule has 18 heavy (non-hydrogen) atoms. The number of rotatable bonds is 2. The fraction of sp³-hybridized carbons (Fsp3) is 0.933. The van der Waals surface area contributed by atoms with E-state index in [0.717, 1.165) is 31.8 Å². The quantitative estimate of drug-likeness (QED) is 0.823. The summed E-state index contributed by atoms with van der Waals surface area (Å²) >= 11 is 0. The SMILES string of the molecule is CC(N)C(C)C(=O)N1CCCC(C(C)(C)C)CC1. The minimum atomic E-state index is -0.0591. The number of hydrogen-bond donors (Lipinski definition) is 1. The number of nitrogens with zero attached hydrogens (tertiary/aromatic N) is 1. The molecule has 1 aliphatic heterocycles. The van der Waals surface area contributed by atoms with E-state index in [1.807, 2.05) is 18.7 Å². The molecule has 0 aromatic heterocycles. The summed E-state index contributed by atoms with van der Waals surface area (Å²) in [6, 6.07) is -0.0563. The van der Waals surface area contributed by atoms with E-state index < -0.39 is 0 Å². The van der Waals surface area contributed by atoms with E-state index in [9.17, 15) is 4.79 Å². The molecule has 1 heterocycles. The van der Waals surface area contributed by atoms with Crippen LogP contribution in [0.25, 0.3) is 0 Å². The summed E-state index contributed by atoms with van der Waals surface area (Å²) < 4.78 is 0. The van der Waals surface area contributed by atoms with Crippen LogP contribution in [0.5, 0.6) is 0 Å². The van der Waals surface area contributed by atoms with Crippen molar-refractivity contribution in [3.05, 3.63) is 0 Å². The van der Waals surface area contributed by atoms with Crippen LogP contribution < -0.4 is 5.73 Å². The first kappa shape index (κ1) is 15.5. The monoisotopic (exact) mass is 254 g/mol. The van der Waals surface area contributed by atoms with Crippen molar-refractivity contribution >= 4 is 5.91 Å². The zero-order valence-electron chi connectivity index (χ0n) is 12.7. The Labute approximate surface area is 112 Å². The van der Waals surface area contributed by atoms with Crippen LogP contribution in [0.4, 0.5) is 0 Å². The molecule has 106 valence electrons. The number of likely N-dealkylation sites (tertiary alicyclic amines) is 1. The predicted molar refractivity (Wildman–Crippen MR) is 76.2 cm³/mol. The van der Waals surface area contributed by atoms with Gasteiger partial charge in [-0.25, -0.2) is 0 Å². The fourth-order valence-corrected chi connectivity index (χ4v) is 2.70. The second kappa shape index (κ2) is 6.05. The molecule has 0 aliphatic carbocycles. The molecule has 3 heteroatoms. The van der Waals surface area contributed by atoms with Gasteiger partial charge in [-0.15, -0.1) is 0 Å². The van der Waals surface area contributed by atoms with Crippen molar-refractivity contribution in [1.29, 1.82) is 0 Å². The molecule has 0 saturated carbocycles. The van der Waals surface area contributed by atoms with Gasteiger partial charge in [0.1, 0.15) is 0 Å². The zero-order chi connectivity index (χ0) is 13.9.